The lowest BCUT2D eigenvalue weighted by Gasteiger charge is -2.35. The Morgan fingerprint density at radius 1 is 1.37 bits per heavy atom. The van der Waals surface area contributed by atoms with Crippen LogP contribution in [0, 0.1) is 0 Å². The maximum atomic E-state index is 11.9. The van der Waals surface area contributed by atoms with Gasteiger partial charge in [-0.25, -0.2) is 4.98 Å². The van der Waals surface area contributed by atoms with Crippen LogP contribution < -0.4 is 4.90 Å². The molecule has 0 saturated carbocycles. The summed E-state index contributed by atoms with van der Waals surface area (Å²) in [6.07, 6.45) is 5.61. The van der Waals surface area contributed by atoms with Gasteiger partial charge in [-0.1, -0.05) is 0 Å². The molecule has 1 atom stereocenters. The molecule has 0 aliphatic carbocycles. The third-order valence-corrected chi connectivity index (χ3v) is 3.28. The fourth-order valence-corrected chi connectivity index (χ4v) is 2.13. The van der Waals surface area contributed by atoms with E-state index in [1.165, 1.54) is 0 Å². The summed E-state index contributed by atoms with van der Waals surface area (Å²) in [6, 6.07) is 0. The standard InChI is InChI=1S/C13H20N4O2/c1-11(18)2-3-13(19)17-8-6-16(7-9-17)12-10-14-4-5-15-12/h4-5,10-11,18H,2-3,6-9H2,1H3. The first kappa shape index (κ1) is 13.7. The number of nitrogens with zero attached hydrogens (tertiary/aromatic N) is 4. The van der Waals surface area contributed by atoms with E-state index in [1.54, 1.807) is 25.5 Å². The van der Waals surface area contributed by atoms with Crippen LogP contribution in [0.15, 0.2) is 18.6 Å². The molecule has 1 saturated heterocycles. The number of carbonyl (C=O) groups excluding carboxylic acids is 1. The maximum absolute atomic E-state index is 11.9. The third-order valence-electron chi connectivity index (χ3n) is 3.28. The first-order valence-corrected chi connectivity index (χ1v) is 6.63. The highest BCUT2D eigenvalue weighted by atomic mass is 16.3. The second-order valence-electron chi connectivity index (χ2n) is 4.82. The zero-order valence-electron chi connectivity index (χ0n) is 11.2. The van der Waals surface area contributed by atoms with Gasteiger partial charge in [0.05, 0.1) is 12.3 Å². The van der Waals surface area contributed by atoms with Crippen molar-refractivity contribution < 1.29 is 9.90 Å². The van der Waals surface area contributed by atoms with Crippen LogP contribution in [-0.4, -0.2) is 58.2 Å². The van der Waals surface area contributed by atoms with Gasteiger partial charge in [0.15, 0.2) is 0 Å². The van der Waals surface area contributed by atoms with Gasteiger partial charge < -0.3 is 14.9 Å². The lowest BCUT2D eigenvalue weighted by molar-refractivity contribution is -0.132. The Balaban J connectivity index is 1.81. The lowest BCUT2D eigenvalue weighted by Crippen LogP contribution is -2.49. The minimum atomic E-state index is -0.412. The van der Waals surface area contributed by atoms with Gasteiger partial charge in [-0.2, -0.15) is 0 Å². The topological polar surface area (TPSA) is 69.6 Å². The van der Waals surface area contributed by atoms with Crippen LogP contribution >= 0.6 is 0 Å². The van der Waals surface area contributed by atoms with Gasteiger partial charge >= 0.3 is 0 Å². The molecule has 1 aliphatic rings. The van der Waals surface area contributed by atoms with Crippen molar-refractivity contribution in [3.05, 3.63) is 18.6 Å². The molecule has 0 radical (unpaired) electrons. The molecule has 1 aromatic heterocycles. The summed E-state index contributed by atoms with van der Waals surface area (Å²) < 4.78 is 0. The predicted octanol–water partition coefficient (Wildman–Crippen LogP) is 0.286. The zero-order valence-corrected chi connectivity index (χ0v) is 11.2. The molecular weight excluding hydrogens is 244 g/mol. The normalized spacial score (nSPS) is 17.4. The van der Waals surface area contributed by atoms with Gasteiger partial charge in [0.1, 0.15) is 5.82 Å². The molecule has 6 heteroatoms. The smallest absolute Gasteiger partial charge is 0.222 e. The molecule has 104 valence electrons. The summed E-state index contributed by atoms with van der Waals surface area (Å²) in [5.41, 5.74) is 0. The number of rotatable bonds is 4. The summed E-state index contributed by atoms with van der Waals surface area (Å²) in [7, 11) is 0. The summed E-state index contributed by atoms with van der Waals surface area (Å²) in [5.74, 6) is 0.985. The SMILES string of the molecule is CC(O)CCC(=O)N1CCN(c2cnccn2)CC1. The third kappa shape index (κ3) is 3.89. The highest BCUT2D eigenvalue weighted by Crippen LogP contribution is 2.12. The number of hydrogen-bond donors (Lipinski definition) is 1. The molecule has 1 amide bonds. The molecule has 19 heavy (non-hydrogen) atoms. The first-order chi connectivity index (χ1) is 9.16. The fourth-order valence-electron chi connectivity index (χ4n) is 2.13. The van der Waals surface area contributed by atoms with Crippen LogP contribution in [0.1, 0.15) is 19.8 Å². The molecule has 1 fully saturated rings. The van der Waals surface area contributed by atoms with Crippen molar-refractivity contribution in [2.75, 3.05) is 31.1 Å². The van der Waals surface area contributed by atoms with Gasteiger partial charge in [0.25, 0.3) is 0 Å². The van der Waals surface area contributed by atoms with E-state index in [2.05, 4.69) is 14.9 Å². The Hall–Kier alpha value is -1.69. The quantitative estimate of drug-likeness (QED) is 0.846. The number of piperazine rings is 1. The molecule has 1 aliphatic heterocycles. The van der Waals surface area contributed by atoms with Crippen molar-refractivity contribution in [3.63, 3.8) is 0 Å². The summed E-state index contributed by atoms with van der Waals surface area (Å²) in [5, 5.41) is 9.20. The van der Waals surface area contributed by atoms with Crippen molar-refractivity contribution in [3.8, 4) is 0 Å². The number of aromatic nitrogens is 2. The number of carbonyl (C=O) groups is 1. The number of aliphatic hydroxyl groups is 1. The second kappa shape index (κ2) is 6.47. The number of amides is 1. The van der Waals surface area contributed by atoms with Crippen LogP contribution in [0.2, 0.25) is 0 Å². The van der Waals surface area contributed by atoms with Crippen molar-refractivity contribution >= 4 is 11.7 Å². The summed E-state index contributed by atoms with van der Waals surface area (Å²) in [6.45, 7) is 4.67. The number of aliphatic hydroxyl groups excluding tert-OH is 1. The molecule has 1 unspecified atom stereocenters. The molecule has 1 aromatic rings. The summed E-state index contributed by atoms with van der Waals surface area (Å²) >= 11 is 0. The maximum Gasteiger partial charge on any atom is 0.222 e. The highest BCUT2D eigenvalue weighted by molar-refractivity contribution is 5.76. The Morgan fingerprint density at radius 2 is 2.11 bits per heavy atom. The van der Waals surface area contributed by atoms with Gasteiger partial charge in [-0.15, -0.1) is 0 Å². The molecule has 0 aromatic carbocycles. The van der Waals surface area contributed by atoms with Gasteiger partial charge in [0.2, 0.25) is 5.91 Å². The van der Waals surface area contributed by atoms with Crippen molar-refractivity contribution in [1.29, 1.82) is 0 Å². The molecular formula is C13H20N4O2. The lowest BCUT2D eigenvalue weighted by atomic mass is 10.2. The molecule has 0 bridgehead atoms. The minimum absolute atomic E-state index is 0.125. The Labute approximate surface area is 113 Å². The van der Waals surface area contributed by atoms with Crippen molar-refractivity contribution in [2.45, 2.75) is 25.9 Å². The Bertz CT molecular complexity index is 402. The Kier molecular flexibility index (Phi) is 4.68. The number of anilines is 1. The van der Waals surface area contributed by atoms with E-state index in [1.807, 2.05) is 4.90 Å². The fraction of sp³-hybridized carbons (Fsp3) is 0.615. The van der Waals surface area contributed by atoms with E-state index in [0.29, 0.717) is 25.9 Å². The van der Waals surface area contributed by atoms with Crippen LogP contribution in [0.4, 0.5) is 5.82 Å². The molecule has 6 nitrogen and oxygen atoms in total. The largest absolute Gasteiger partial charge is 0.393 e. The van der Waals surface area contributed by atoms with Crippen molar-refractivity contribution in [2.24, 2.45) is 0 Å². The van der Waals surface area contributed by atoms with E-state index < -0.39 is 6.10 Å². The van der Waals surface area contributed by atoms with E-state index in [-0.39, 0.29) is 5.91 Å². The Morgan fingerprint density at radius 3 is 2.68 bits per heavy atom. The molecule has 1 N–H and O–H groups in total. The first-order valence-electron chi connectivity index (χ1n) is 6.63. The van der Waals surface area contributed by atoms with E-state index in [0.717, 1.165) is 18.9 Å². The molecule has 2 rings (SSSR count). The average molecular weight is 264 g/mol. The minimum Gasteiger partial charge on any atom is -0.393 e. The molecule has 2 heterocycles. The van der Waals surface area contributed by atoms with Crippen LogP contribution in [0.25, 0.3) is 0 Å². The van der Waals surface area contributed by atoms with Crippen LogP contribution in [-0.2, 0) is 4.79 Å². The monoisotopic (exact) mass is 264 g/mol. The van der Waals surface area contributed by atoms with Gasteiger partial charge in [-0.05, 0) is 13.3 Å². The number of hydrogen-bond acceptors (Lipinski definition) is 5. The predicted molar refractivity (Wildman–Crippen MR) is 71.7 cm³/mol. The average Bonchev–Trinajstić information content (AvgIpc) is 2.46. The van der Waals surface area contributed by atoms with E-state index in [9.17, 15) is 9.90 Å². The van der Waals surface area contributed by atoms with Gasteiger partial charge in [0, 0.05) is 45.0 Å². The van der Waals surface area contributed by atoms with Gasteiger partial charge in [-0.3, -0.25) is 9.78 Å². The summed E-state index contributed by atoms with van der Waals surface area (Å²) in [4.78, 5) is 24.2. The van der Waals surface area contributed by atoms with E-state index in [4.69, 9.17) is 0 Å². The van der Waals surface area contributed by atoms with Crippen molar-refractivity contribution in [1.82, 2.24) is 14.9 Å². The second-order valence-corrected chi connectivity index (χ2v) is 4.82. The van der Waals surface area contributed by atoms with Crippen LogP contribution in [0.5, 0.6) is 0 Å². The van der Waals surface area contributed by atoms with Crippen LogP contribution in [0.3, 0.4) is 0 Å². The molecule has 0 spiro atoms. The zero-order chi connectivity index (χ0) is 13.7. The highest BCUT2D eigenvalue weighted by Gasteiger charge is 2.21. The van der Waals surface area contributed by atoms with E-state index >= 15 is 0 Å².